The van der Waals surface area contributed by atoms with E-state index in [9.17, 15) is 23.3 Å². The molecule has 1 aromatic heterocycles. The maximum atomic E-state index is 11.4. The highest BCUT2D eigenvalue weighted by molar-refractivity contribution is 7.89. The number of nitrogens with zero attached hydrogens (tertiary/aromatic N) is 1. The Kier molecular flexibility index (Phi) is 4.03. The quantitative estimate of drug-likeness (QED) is 0.479. The van der Waals surface area contributed by atoms with Gasteiger partial charge in [0.25, 0.3) is 5.69 Å². The first-order valence-corrected chi connectivity index (χ1v) is 6.46. The van der Waals surface area contributed by atoms with Gasteiger partial charge in [-0.15, -0.1) is 11.3 Å². The van der Waals surface area contributed by atoms with Gasteiger partial charge in [-0.1, -0.05) is 11.6 Å². The number of halogens is 1. The fourth-order valence-electron chi connectivity index (χ4n) is 0.780. The lowest BCUT2D eigenvalue weighted by Gasteiger charge is -1.99. The summed E-state index contributed by atoms with van der Waals surface area (Å²) < 4.78 is 26.3. The van der Waals surface area contributed by atoms with Gasteiger partial charge in [0.2, 0.25) is 5.91 Å². The summed E-state index contributed by atoms with van der Waals surface area (Å²) in [6.07, 6.45) is 0. The second-order valence-electron chi connectivity index (χ2n) is 2.66. The van der Waals surface area contributed by atoms with Crippen LogP contribution in [0.3, 0.4) is 0 Å². The van der Waals surface area contributed by atoms with Crippen LogP contribution in [0.25, 0.3) is 0 Å². The molecule has 0 aliphatic heterocycles. The molecule has 1 rings (SSSR count). The first-order chi connectivity index (χ1) is 7.74. The normalized spacial score (nSPS) is 11.4. The maximum Gasteiger partial charge on any atom is 0.307 e. The second kappa shape index (κ2) is 4.96. The first kappa shape index (κ1) is 13.8. The lowest BCUT2D eigenvalue weighted by molar-refractivity contribution is -0.384. The van der Waals surface area contributed by atoms with Crippen LogP contribution in [0.15, 0.2) is 10.3 Å². The Morgan fingerprint density at radius 3 is 2.65 bits per heavy atom. The number of primary amides is 1. The number of amides is 1. The van der Waals surface area contributed by atoms with Gasteiger partial charge in [0.1, 0.15) is 6.61 Å². The lowest BCUT2D eigenvalue weighted by atomic mass is 10.6. The lowest BCUT2D eigenvalue weighted by Crippen LogP contribution is -2.20. The van der Waals surface area contributed by atoms with Crippen molar-refractivity contribution in [3.8, 4) is 0 Å². The van der Waals surface area contributed by atoms with E-state index < -0.39 is 37.5 Å². The van der Waals surface area contributed by atoms with Gasteiger partial charge in [-0.2, -0.15) is 8.42 Å². The van der Waals surface area contributed by atoms with Gasteiger partial charge >= 0.3 is 10.1 Å². The molecule has 94 valence electrons. The van der Waals surface area contributed by atoms with Crippen LogP contribution in [0.1, 0.15) is 0 Å². The van der Waals surface area contributed by atoms with Crippen molar-refractivity contribution in [2.75, 3.05) is 6.61 Å². The summed E-state index contributed by atoms with van der Waals surface area (Å²) in [6.45, 7) is -0.842. The summed E-state index contributed by atoms with van der Waals surface area (Å²) >= 11 is 5.93. The smallest absolute Gasteiger partial charge is 0.307 e. The fraction of sp³-hybridized carbons (Fsp3) is 0.167. The number of carbonyl (C=O) groups excluding carboxylic acids is 1. The molecule has 8 nitrogen and oxygen atoms in total. The van der Waals surface area contributed by atoms with Gasteiger partial charge in [-0.05, 0) is 0 Å². The predicted molar refractivity (Wildman–Crippen MR) is 58.3 cm³/mol. The number of hydrogen-bond acceptors (Lipinski definition) is 7. The number of carbonyl (C=O) groups is 1. The zero-order valence-electron chi connectivity index (χ0n) is 7.95. The van der Waals surface area contributed by atoms with Crippen LogP contribution in [-0.2, 0) is 19.1 Å². The van der Waals surface area contributed by atoms with Crippen LogP contribution in [0.4, 0.5) is 5.69 Å². The minimum atomic E-state index is -4.26. The molecule has 0 saturated carbocycles. The summed E-state index contributed by atoms with van der Waals surface area (Å²) in [5.41, 5.74) is 4.16. The minimum Gasteiger partial charge on any atom is -0.368 e. The molecule has 0 bridgehead atoms. The molecule has 17 heavy (non-hydrogen) atoms. The Balaban J connectivity index is 3.04. The first-order valence-electron chi connectivity index (χ1n) is 3.85. The molecule has 0 aromatic carbocycles. The van der Waals surface area contributed by atoms with E-state index in [4.69, 9.17) is 17.3 Å². The van der Waals surface area contributed by atoms with Crippen molar-refractivity contribution in [2.45, 2.75) is 4.21 Å². The molecule has 0 atom stereocenters. The van der Waals surface area contributed by atoms with Crippen LogP contribution in [-0.4, -0.2) is 25.9 Å². The minimum absolute atomic E-state index is 0.295. The molecular weight excluding hydrogens is 296 g/mol. The standard InChI is InChI=1S/C6H5ClN2O6S2/c7-6-3(9(11)12)1-5(16-6)17(13,14)15-2-4(8)10/h1H,2H2,(H2,8,10). The van der Waals surface area contributed by atoms with Gasteiger partial charge in [-0.25, -0.2) is 0 Å². The van der Waals surface area contributed by atoms with Crippen molar-refractivity contribution in [1.82, 2.24) is 0 Å². The fourth-order valence-corrected chi connectivity index (χ4v) is 3.32. The Morgan fingerprint density at radius 1 is 1.65 bits per heavy atom. The van der Waals surface area contributed by atoms with Crippen LogP contribution >= 0.6 is 22.9 Å². The van der Waals surface area contributed by atoms with Crippen LogP contribution in [0, 0.1) is 10.1 Å². The van der Waals surface area contributed by atoms with E-state index in [1.165, 1.54) is 0 Å². The van der Waals surface area contributed by atoms with E-state index in [0.29, 0.717) is 11.3 Å². The van der Waals surface area contributed by atoms with Crippen molar-refractivity contribution in [1.29, 1.82) is 0 Å². The molecule has 11 heteroatoms. The third kappa shape index (κ3) is 3.36. The highest BCUT2D eigenvalue weighted by Gasteiger charge is 2.26. The van der Waals surface area contributed by atoms with E-state index in [1.807, 2.05) is 0 Å². The number of nitro groups is 1. The molecule has 0 radical (unpaired) electrons. The summed E-state index contributed by atoms with van der Waals surface area (Å²) in [4.78, 5) is 20.0. The van der Waals surface area contributed by atoms with Crippen molar-refractivity contribution >= 4 is 44.7 Å². The van der Waals surface area contributed by atoms with Crippen LogP contribution in [0.5, 0.6) is 0 Å². The molecule has 1 aromatic rings. The maximum absolute atomic E-state index is 11.4. The van der Waals surface area contributed by atoms with Gasteiger partial charge < -0.3 is 5.73 Å². The molecule has 0 saturated heterocycles. The number of nitrogens with two attached hydrogens (primary N) is 1. The topological polar surface area (TPSA) is 130 Å². The molecule has 0 unspecified atom stereocenters. The zero-order valence-corrected chi connectivity index (χ0v) is 10.3. The Morgan fingerprint density at radius 2 is 2.24 bits per heavy atom. The third-order valence-electron chi connectivity index (χ3n) is 1.45. The molecule has 1 heterocycles. The monoisotopic (exact) mass is 300 g/mol. The molecule has 1 amide bonds. The second-order valence-corrected chi connectivity index (χ2v) is 6.16. The molecule has 2 N–H and O–H groups in total. The largest absolute Gasteiger partial charge is 0.368 e. The number of hydrogen-bond donors (Lipinski definition) is 1. The van der Waals surface area contributed by atoms with Gasteiger partial charge in [0.15, 0.2) is 8.55 Å². The Labute approximate surface area is 104 Å². The SMILES string of the molecule is NC(=O)COS(=O)(=O)c1cc([N+](=O)[O-])c(Cl)s1. The summed E-state index contributed by atoms with van der Waals surface area (Å²) in [6, 6.07) is 0.753. The Bertz CT molecular complexity index is 565. The Hall–Kier alpha value is -1.23. The molecular formula is C6H5ClN2O6S2. The van der Waals surface area contributed by atoms with Crippen molar-refractivity contribution in [3.05, 3.63) is 20.5 Å². The molecule has 0 aliphatic rings. The highest BCUT2D eigenvalue weighted by atomic mass is 35.5. The van der Waals surface area contributed by atoms with E-state index in [2.05, 4.69) is 4.18 Å². The highest BCUT2D eigenvalue weighted by Crippen LogP contribution is 2.36. The van der Waals surface area contributed by atoms with Crippen molar-refractivity contribution in [3.63, 3.8) is 0 Å². The number of thiophene rings is 1. The summed E-state index contributed by atoms with van der Waals surface area (Å²) in [5, 5.41) is 10.4. The average Bonchev–Trinajstić information content (AvgIpc) is 2.58. The van der Waals surface area contributed by atoms with Gasteiger partial charge in [0, 0.05) is 6.07 Å². The average molecular weight is 301 g/mol. The van der Waals surface area contributed by atoms with E-state index >= 15 is 0 Å². The van der Waals surface area contributed by atoms with Crippen molar-refractivity contribution in [2.24, 2.45) is 5.73 Å². The van der Waals surface area contributed by atoms with Crippen LogP contribution in [0.2, 0.25) is 4.34 Å². The zero-order chi connectivity index (χ0) is 13.2. The van der Waals surface area contributed by atoms with Crippen LogP contribution < -0.4 is 5.73 Å². The van der Waals surface area contributed by atoms with Gasteiger partial charge in [0.05, 0.1) is 4.92 Å². The third-order valence-corrected chi connectivity index (χ3v) is 4.48. The summed E-state index contributed by atoms with van der Waals surface area (Å²) in [5.74, 6) is -0.981. The predicted octanol–water partition coefficient (Wildman–Crippen LogP) is 0.500. The molecule has 0 aliphatic carbocycles. The van der Waals surface area contributed by atoms with E-state index in [1.54, 1.807) is 0 Å². The van der Waals surface area contributed by atoms with E-state index in [0.717, 1.165) is 6.07 Å². The summed E-state index contributed by atoms with van der Waals surface area (Å²) in [7, 11) is -4.26. The van der Waals surface area contributed by atoms with E-state index in [-0.39, 0.29) is 4.34 Å². The molecule has 0 spiro atoms. The van der Waals surface area contributed by atoms with Gasteiger partial charge in [-0.3, -0.25) is 19.1 Å². The van der Waals surface area contributed by atoms with Crippen molar-refractivity contribution < 1.29 is 22.3 Å². The molecule has 0 fully saturated rings. The number of rotatable bonds is 5.